The Kier molecular flexibility index (Phi) is 3.89. The lowest BCUT2D eigenvalue weighted by molar-refractivity contribution is 0.0199. The molecule has 1 aliphatic carbocycles. The van der Waals surface area contributed by atoms with E-state index in [1.54, 1.807) is 11.6 Å². The molecule has 0 amide bonds. The van der Waals surface area contributed by atoms with E-state index in [1.807, 2.05) is 6.92 Å². The summed E-state index contributed by atoms with van der Waals surface area (Å²) in [5.41, 5.74) is 7.43. The Morgan fingerprint density at radius 1 is 1.44 bits per heavy atom. The molecular weight excluding hydrogens is 230 g/mol. The third-order valence-electron chi connectivity index (χ3n) is 3.49. The van der Waals surface area contributed by atoms with Crippen LogP contribution in [0, 0.1) is 6.92 Å². The first kappa shape index (κ1) is 12.9. The van der Waals surface area contributed by atoms with E-state index in [9.17, 15) is 4.79 Å². The van der Waals surface area contributed by atoms with Crippen LogP contribution in [-0.4, -0.2) is 21.9 Å². The van der Waals surface area contributed by atoms with E-state index in [0.29, 0.717) is 23.6 Å². The van der Waals surface area contributed by atoms with E-state index in [4.69, 9.17) is 10.5 Å². The van der Waals surface area contributed by atoms with Crippen molar-refractivity contribution in [2.75, 3.05) is 5.73 Å². The molecule has 100 valence electrons. The highest BCUT2D eigenvalue weighted by Gasteiger charge is 2.24. The Bertz CT molecular complexity index is 434. The summed E-state index contributed by atoms with van der Waals surface area (Å²) in [6, 6.07) is 0. The first-order valence-electron chi connectivity index (χ1n) is 6.67. The van der Waals surface area contributed by atoms with Gasteiger partial charge in [0.1, 0.15) is 6.10 Å². The summed E-state index contributed by atoms with van der Waals surface area (Å²) in [5.74, 6) is -0.332. The third kappa shape index (κ3) is 2.49. The summed E-state index contributed by atoms with van der Waals surface area (Å²) in [4.78, 5) is 12.2. The van der Waals surface area contributed by atoms with E-state index in [1.165, 1.54) is 6.42 Å². The van der Waals surface area contributed by atoms with Crippen molar-refractivity contribution >= 4 is 11.7 Å². The Balaban J connectivity index is 2.12. The molecule has 1 aromatic rings. The van der Waals surface area contributed by atoms with Gasteiger partial charge in [-0.25, -0.2) is 4.79 Å². The van der Waals surface area contributed by atoms with Crippen molar-refractivity contribution in [1.82, 2.24) is 9.78 Å². The monoisotopic (exact) mass is 251 g/mol. The van der Waals surface area contributed by atoms with Crippen LogP contribution in [0.4, 0.5) is 5.69 Å². The van der Waals surface area contributed by atoms with E-state index >= 15 is 0 Å². The van der Waals surface area contributed by atoms with Crippen molar-refractivity contribution in [1.29, 1.82) is 0 Å². The second-order valence-electron chi connectivity index (χ2n) is 4.83. The van der Waals surface area contributed by atoms with Crippen molar-refractivity contribution in [2.45, 2.75) is 58.6 Å². The average molecular weight is 251 g/mol. The Morgan fingerprint density at radius 2 is 2.11 bits per heavy atom. The number of hydrogen-bond donors (Lipinski definition) is 1. The van der Waals surface area contributed by atoms with Crippen LogP contribution in [0.5, 0.6) is 0 Å². The van der Waals surface area contributed by atoms with Crippen LogP contribution in [0.2, 0.25) is 0 Å². The number of aryl methyl sites for hydroxylation is 2. The number of aromatic nitrogens is 2. The number of hydrogen-bond acceptors (Lipinski definition) is 4. The van der Waals surface area contributed by atoms with Crippen molar-refractivity contribution in [3.63, 3.8) is 0 Å². The molecule has 0 atom stereocenters. The van der Waals surface area contributed by atoms with E-state index in [0.717, 1.165) is 25.7 Å². The minimum atomic E-state index is -0.332. The third-order valence-corrected chi connectivity index (χ3v) is 3.49. The lowest BCUT2D eigenvalue weighted by Gasteiger charge is -2.21. The number of nitrogen functional groups attached to an aromatic ring is 1. The minimum absolute atomic E-state index is 0.0474. The molecule has 1 saturated carbocycles. The average Bonchev–Trinajstić information content (AvgIpc) is 2.66. The number of rotatable bonds is 3. The van der Waals surface area contributed by atoms with Gasteiger partial charge in [0.15, 0.2) is 5.69 Å². The number of nitrogens with zero attached hydrogens (tertiary/aromatic N) is 2. The first-order chi connectivity index (χ1) is 8.63. The number of carbonyl (C=O) groups excluding carboxylic acids is 1. The van der Waals surface area contributed by atoms with Crippen LogP contribution >= 0.6 is 0 Å². The second kappa shape index (κ2) is 5.42. The standard InChI is InChI=1S/C13H21N3O2/c1-3-16-12(11(14)9(2)15-16)13(17)18-10-7-5-4-6-8-10/h10H,3-8,14H2,1-2H3. The van der Waals surface area contributed by atoms with Crippen LogP contribution in [0.1, 0.15) is 55.2 Å². The molecule has 5 heteroatoms. The summed E-state index contributed by atoms with van der Waals surface area (Å²) in [6.07, 6.45) is 5.49. The fraction of sp³-hybridized carbons (Fsp3) is 0.692. The number of ether oxygens (including phenoxy) is 1. The summed E-state index contributed by atoms with van der Waals surface area (Å²) < 4.78 is 7.16. The van der Waals surface area contributed by atoms with Gasteiger partial charge in [-0.1, -0.05) is 6.42 Å². The van der Waals surface area contributed by atoms with Crippen molar-refractivity contribution in [3.05, 3.63) is 11.4 Å². The molecule has 18 heavy (non-hydrogen) atoms. The van der Waals surface area contributed by atoms with Gasteiger partial charge in [-0.3, -0.25) is 4.68 Å². The van der Waals surface area contributed by atoms with Gasteiger partial charge in [-0.15, -0.1) is 0 Å². The molecule has 0 bridgehead atoms. The van der Waals surface area contributed by atoms with Crippen LogP contribution in [0.15, 0.2) is 0 Å². The highest BCUT2D eigenvalue weighted by molar-refractivity contribution is 5.93. The molecule has 0 radical (unpaired) electrons. The van der Waals surface area contributed by atoms with Crippen molar-refractivity contribution in [2.24, 2.45) is 0 Å². The molecule has 1 fully saturated rings. The summed E-state index contributed by atoms with van der Waals surface area (Å²) in [6.45, 7) is 4.36. The molecule has 2 rings (SSSR count). The van der Waals surface area contributed by atoms with Gasteiger partial charge in [0.25, 0.3) is 0 Å². The Labute approximate surface area is 107 Å². The highest BCUT2D eigenvalue weighted by Crippen LogP contribution is 2.23. The maximum atomic E-state index is 12.2. The van der Waals surface area contributed by atoms with E-state index in [2.05, 4.69) is 5.10 Å². The van der Waals surface area contributed by atoms with Gasteiger partial charge in [0.05, 0.1) is 11.4 Å². The summed E-state index contributed by atoms with van der Waals surface area (Å²) >= 11 is 0. The molecule has 1 aromatic heterocycles. The molecule has 0 aromatic carbocycles. The number of esters is 1. The molecule has 5 nitrogen and oxygen atoms in total. The van der Waals surface area contributed by atoms with Crippen molar-refractivity contribution in [3.8, 4) is 0 Å². The maximum absolute atomic E-state index is 12.2. The predicted octanol–water partition coefficient (Wildman–Crippen LogP) is 2.28. The number of anilines is 1. The predicted molar refractivity (Wildman–Crippen MR) is 69.3 cm³/mol. The zero-order valence-corrected chi connectivity index (χ0v) is 11.1. The fourth-order valence-corrected chi connectivity index (χ4v) is 2.43. The largest absolute Gasteiger partial charge is 0.458 e. The molecule has 1 heterocycles. The minimum Gasteiger partial charge on any atom is -0.458 e. The molecule has 2 N–H and O–H groups in total. The van der Waals surface area contributed by atoms with Crippen LogP contribution in [0.3, 0.4) is 0 Å². The zero-order valence-electron chi connectivity index (χ0n) is 11.1. The molecule has 0 saturated heterocycles. The highest BCUT2D eigenvalue weighted by atomic mass is 16.5. The van der Waals surface area contributed by atoms with Crippen LogP contribution in [-0.2, 0) is 11.3 Å². The SMILES string of the molecule is CCn1nc(C)c(N)c1C(=O)OC1CCCCC1. The summed E-state index contributed by atoms with van der Waals surface area (Å²) in [5, 5.41) is 4.23. The topological polar surface area (TPSA) is 70.1 Å². The normalized spacial score (nSPS) is 16.8. The number of carbonyl (C=O) groups is 1. The van der Waals surface area contributed by atoms with E-state index in [-0.39, 0.29) is 12.1 Å². The molecule has 0 unspecified atom stereocenters. The summed E-state index contributed by atoms with van der Waals surface area (Å²) in [7, 11) is 0. The molecular formula is C13H21N3O2. The van der Waals surface area contributed by atoms with E-state index < -0.39 is 0 Å². The van der Waals surface area contributed by atoms with Gasteiger partial charge in [0.2, 0.25) is 0 Å². The van der Waals surface area contributed by atoms with Crippen LogP contribution in [0.25, 0.3) is 0 Å². The van der Waals surface area contributed by atoms with Gasteiger partial charge in [-0.05, 0) is 39.5 Å². The van der Waals surface area contributed by atoms with Gasteiger partial charge < -0.3 is 10.5 Å². The van der Waals surface area contributed by atoms with Gasteiger partial charge in [0, 0.05) is 6.54 Å². The maximum Gasteiger partial charge on any atom is 0.359 e. The van der Waals surface area contributed by atoms with Crippen molar-refractivity contribution < 1.29 is 9.53 Å². The molecule has 0 spiro atoms. The zero-order chi connectivity index (χ0) is 13.1. The smallest absolute Gasteiger partial charge is 0.359 e. The Morgan fingerprint density at radius 3 is 2.72 bits per heavy atom. The van der Waals surface area contributed by atoms with Crippen LogP contribution < -0.4 is 5.73 Å². The van der Waals surface area contributed by atoms with Gasteiger partial charge in [-0.2, -0.15) is 5.10 Å². The quantitative estimate of drug-likeness (QED) is 0.837. The second-order valence-corrected chi connectivity index (χ2v) is 4.83. The molecule has 1 aliphatic rings. The Hall–Kier alpha value is -1.52. The fourth-order valence-electron chi connectivity index (χ4n) is 2.43. The lowest BCUT2D eigenvalue weighted by atomic mass is 9.98. The first-order valence-corrected chi connectivity index (χ1v) is 6.67. The number of nitrogens with two attached hydrogens (primary N) is 1. The molecule has 0 aliphatic heterocycles. The van der Waals surface area contributed by atoms with Gasteiger partial charge >= 0.3 is 5.97 Å². The lowest BCUT2D eigenvalue weighted by Crippen LogP contribution is -2.23.